The zero-order valence-corrected chi connectivity index (χ0v) is 12.9. The quantitative estimate of drug-likeness (QED) is 0.851. The molecule has 1 N–H and O–H groups in total. The number of anilines is 1. The minimum atomic E-state index is -0.614. The van der Waals surface area contributed by atoms with Gasteiger partial charge in [0.2, 0.25) is 0 Å². The minimum absolute atomic E-state index is 0.133. The number of esters is 1. The summed E-state index contributed by atoms with van der Waals surface area (Å²) < 4.78 is 5.11. The van der Waals surface area contributed by atoms with Crippen molar-refractivity contribution < 1.29 is 9.53 Å². The average molecular weight is 275 g/mol. The number of nitrogens with one attached hydrogen (secondary N) is 1. The fourth-order valence-corrected chi connectivity index (χ4v) is 3.87. The van der Waals surface area contributed by atoms with E-state index in [4.69, 9.17) is 4.74 Å². The van der Waals surface area contributed by atoms with Gasteiger partial charge in [-0.25, -0.2) is 4.79 Å². The number of ether oxygens (including phenoxy) is 1. The molecule has 3 nitrogen and oxygen atoms in total. The molecule has 0 aromatic heterocycles. The Labute approximate surface area is 121 Å². The van der Waals surface area contributed by atoms with E-state index in [9.17, 15) is 4.79 Å². The van der Waals surface area contributed by atoms with Crippen molar-refractivity contribution in [1.29, 1.82) is 0 Å². The van der Waals surface area contributed by atoms with Crippen molar-refractivity contribution in [2.45, 2.75) is 45.6 Å². The lowest BCUT2D eigenvalue weighted by Crippen LogP contribution is -2.54. The zero-order chi connectivity index (χ0) is 14.8. The maximum absolute atomic E-state index is 12.4. The van der Waals surface area contributed by atoms with Crippen LogP contribution in [0.4, 0.5) is 5.69 Å². The Bertz CT molecular complexity index is 469. The van der Waals surface area contributed by atoms with Gasteiger partial charge in [0.1, 0.15) is 5.54 Å². The molecular weight excluding hydrogens is 250 g/mol. The highest BCUT2D eigenvalue weighted by atomic mass is 16.5. The van der Waals surface area contributed by atoms with Crippen LogP contribution >= 0.6 is 0 Å². The Hall–Kier alpha value is -1.51. The van der Waals surface area contributed by atoms with Gasteiger partial charge in [0, 0.05) is 5.69 Å². The predicted octanol–water partition coefficient (Wildman–Crippen LogP) is 3.86. The summed E-state index contributed by atoms with van der Waals surface area (Å²) in [5.74, 6) is 0.343. The molecule has 3 heteroatoms. The van der Waals surface area contributed by atoms with Crippen molar-refractivity contribution in [3.8, 4) is 0 Å². The van der Waals surface area contributed by atoms with E-state index in [2.05, 4.69) is 26.1 Å². The number of hydrogen-bond acceptors (Lipinski definition) is 3. The van der Waals surface area contributed by atoms with Gasteiger partial charge in [-0.15, -0.1) is 0 Å². The van der Waals surface area contributed by atoms with Crippen LogP contribution in [0.25, 0.3) is 0 Å². The second kappa shape index (κ2) is 5.47. The molecule has 0 spiro atoms. The van der Waals surface area contributed by atoms with Gasteiger partial charge in [0.25, 0.3) is 0 Å². The molecule has 0 radical (unpaired) electrons. The van der Waals surface area contributed by atoms with Gasteiger partial charge in [-0.05, 0) is 42.7 Å². The lowest BCUT2D eigenvalue weighted by atomic mass is 9.64. The molecule has 110 valence electrons. The first-order valence-corrected chi connectivity index (χ1v) is 7.29. The molecule has 0 bridgehead atoms. The van der Waals surface area contributed by atoms with Crippen molar-refractivity contribution in [2.24, 2.45) is 11.3 Å². The third-order valence-corrected chi connectivity index (χ3v) is 4.11. The molecule has 1 aliphatic rings. The van der Waals surface area contributed by atoms with E-state index in [1.807, 2.05) is 30.3 Å². The number of para-hydroxylation sites is 1. The third kappa shape index (κ3) is 3.14. The summed E-state index contributed by atoms with van der Waals surface area (Å²) in [7, 11) is 1.48. The number of carbonyl (C=O) groups excluding carboxylic acids is 1. The molecular formula is C17H25NO2. The molecule has 2 unspecified atom stereocenters. The smallest absolute Gasteiger partial charge is 0.331 e. The van der Waals surface area contributed by atoms with Crippen LogP contribution in [0.5, 0.6) is 0 Å². The predicted molar refractivity (Wildman–Crippen MR) is 81.6 cm³/mol. The second-order valence-corrected chi connectivity index (χ2v) is 6.92. The van der Waals surface area contributed by atoms with E-state index in [-0.39, 0.29) is 11.4 Å². The van der Waals surface area contributed by atoms with Crippen LogP contribution < -0.4 is 5.32 Å². The first kappa shape index (κ1) is 14.9. The monoisotopic (exact) mass is 275 g/mol. The minimum Gasteiger partial charge on any atom is -0.467 e. The van der Waals surface area contributed by atoms with E-state index in [1.54, 1.807) is 0 Å². The summed E-state index contributed by atoms with van der Waals surface area (Å²) in [5, 5.41) is 3.46. The average Bonchev–Trinajstić information content (AvgIpc) is 2.36. The van der Waals surface area contributed by atoms with E-state index in [0.29, 0.717) is 5.92 Å². The molecule has 0 heterocycles. The highest BCUT2D eigenvalue weighted by molar-refractivity contribution is 5.84. The van der Waals surface area contributed by atoms with Crippen molar-refractivity contribution in [3.63, 3.8) is 0 Å². The Balaban J connectivity index is 2.33. The SMILES string of the molecule is COC(=O)C1(Nc2ccccc2)CC(C)CC(C)(C)C1. The number of carbonyl (C=O) groups is 1. The topological polar surface area (TPSA) is 38.3 Å². The van der Waals surface area contributed by atoms with Crippen LogP contribution in [0.1, 0.15) is 40.0 Å². The maximum atomic E-state index is 12.4. The fraction of sp³-hybridized carbons (Fsp3) is 0.588. The van der Waals surface area contributed by atoms with Crippen molar-refractivity contribution in [3.05, 3.63) is 30.3 Å². The summed E-state index contributed by atoms with van der Waals surface area (Å²) in [6.45, 7) is 6.67. The lowest BCUT2D eigenvalue weighted by molar-refractivity contribution is -0.149. The Morgan fingerprint density at radius 3 is 2.45 bits per heavy atom. The molecule has 1 aromatic carbocycles. The number of rotatable bonds is 3. The first-order valence-electron chi connectivity index (χ1n) is 7.29. The van der Waals surface area contributed by atoms with Crippen LogP contribution in [0.15, 0.2) is 30.3 Å². The molecule has 0 amide bonds. The van der Waals surface area contributed by atoms with Gasteiger partial charge in [-0.1, -0.05) is 39.0 Å². The molecule has 1 fully saturated rings. The number of hydrogen-bond donors (Lipinski definition) is 1. The van der Waals surface area contributed by atoms with Gasteiger partial charge in [0.05, 0.1) is 7.11 Å². The molecule has 2 atom stereocenters. The van der Waals surface area contributed by atoms with Crippen LogP contribution in [0, 0.1) is 11.3 Å². The van der Waals surface area contributed by atoms with E-state index >= 15 is 0 Å². The molecule has 1 aliphatic carbocycles. The molecule has 0 saturated heterocycles. The number of methoxy groups -OCH3 is 1. The fourth-order valence-electron chi connectivity index (χ4n) is 3.87. The normalized spacial score (nSPS) is 28.7. The largest absolute Gasteiger partial charge is 0.467 e. The molecule has 1 aromatic rings. The summed E-state index contributed by atoms with van der Waals surface area (Å²) in [4.78, 5) is 12.4. The summed E-state index contributed by atoms with van der Waals surface area (Å²) >= 11 is 0. The standard InChI is InChI=1S/C17H25NO2/c1-13-10-16(2,3)12-17(11-13,15(19)20-4)18-14-8-6-5-7-9-14/h5-9,13,18H,10-12H2,1-4H3. The molecule has 2 rings (SSSR count). The summed E-state index contributed by atoms with van der Waals surface area (Å²) in [6.07, 6.45) is 2.76. The highest BCUT2D eigenvalue weighted by Crippen LogP contribution is 2.45. The van der Waals surface area contributed by atoms with Crippen LogP contribution in [0.3, 0.4) is 0 Å². The van der Waals surface area contributed by atoms with Gasteiger partial charge in [-0.2, -0.15) is 0 Å². The molecule has 1 saturated carbocycles. The molecule has 0 aliphatic heterocycles. The Kier molecular flexibility index (Phi) is 4.07. The lowest BCUT2D eigenvalue weighted by Gasteiger charge is -2.46. The van der Waals surface area contributed by atoms with E-state index in [0.717, 1.165) is 24.9 Å². The van der Waals surface area contributed by atoms with Gasteiger partial charge >= 0.3 is 5.97 Å². The molecule has 20 heavy (non-hydrogen) atoms. The third-order valence-electron chi connectivity index (χ3n) is 4.11. The van der Waals surface area contributed by atoms with Gasteiger partial charge in [-0.3, -0.25) is 0 Å². The van der Waals surface area contributed by atoms with E-state index in [1.165, 1.54) is 7.11 Å². The Morgan fingerprint density at radius 1 is 1.25 bits per heavy atom. The number of benzene rings is 1. The van der Waals surface area contributed by atoms with Crippen molar-refractivity contribution in [1.82, 2.24) is 0 Å². The summed E-state index contributed by atoms with van der Waals surface area (Å²) in [5.41, 5.74) is 0.494. The first-order chi connectivity index (χ1) is 9.37. The van der Waals surface area contributed by atoms with Crippen molar-refractivity contribution >= 4 is 11.7 Å². The van der Waals surface area contributed by atoms with E-state index < -0.39 is 5.54 Å². The van der Waals surface area contributed by atoms with Crippen molar-refractivity contribution in [2.75, 3.05) is 12.4 Å². The van der Waals surface area contributed by atoms with Gasteiger partial charge < -0.3 is 10.1 Å². The van der Waals surface area contributed by atoms with Crippen LogP contribution in [-0.4, -0.2) is 18.6 Å². The zero-order valence-electron chi connectivity index (χ0n) is 12.9. The maximum Gasteiger partial charge on any atom is 0.331 e. The second-order valence-electron chi connectivity index (χ2n) is 6.92. The summed E-state index contributed by atoms with van der Waals surface area (Å²) in [6, 6.07) is 9.92. The Morgan fingerprint density at radius 2 is 1.90 bits per heavy atom. The van der Waals surface area contributed by atoms with Gasteiger partial charge in [0.15, 0.2) is 0 Å². The highest BCUT2D eigenvalue weighted by Gasteiger charge is 2.48. The van der Waals surface area contributed by atoms with Crippen LogP contribution in [0.2, 0.25) is 0 Å². The van der Waals surface area contributed by atoms with Crippen LogP contribution in [-0.2, 0) is 9.53 Å².